The average Bonchev–Trinajstić information content (AvgIpc) is 2.69. The normalized spacial score (nSPS) is 10.1. The van der Waals surface area contributed by atoms with Crippen LogP contribution in [0.25, 0.3) is 0 Å². The fourth-order valence-electron chi connectivity index (χ4n) is 2.64. The van der Waals surface area contributed by atoms with Crippen LogP contribution >= 0.6 is 24.0 Å². The largest absolute Gasteiger partial charge is 0.496 e. The van der Waals surface area contributed by atoms with Crippen molar-refractivity contribution >= 4 is 24.0 Å². The molecule has 0 aliphatic rings. The van der Waals surface area contributed by atoms with Gasteiger partial charge >= 0.3 is 0 Å². The van der Waals surface area contributed by atoms with Crippen LogP contribution in [0.4, 0.5) is 0 Å². The van der Waals surface area contributed by atoms with Crippen molar-refractivity contribution in [2.24, 2.45) is 0 Å². The molecule has 3 nitrogen and oxygen atoms in total. The van der Waals surface area contributed by atoms with E-state index in [1.807, 2.05) is 54.6 Å². The van der Waals surface area contributed by atoms with Crippen LogP contribution in [0.15, 0.2) is 72.8 Å². The number of benzene rings is 3. The van der Waals surface area contributed by atoms with Crippen LogP contribution in [0.3, 0.4) is 0 Å². The lowest BCUT2D eigenvalue weighted by molar-refractivity contribution is 0.306. The lowest BCUT2D eigenvalue weighted by Gasteiger charge is -2.10. The van der Waals surface area contributed by atoms with E-state index >= 15 is 0 Å². The van der Waals surface area contributed by atoms with Gasteiger partial charge in [0.1, 0.15) is 18.1 Å². The first kappa shape index (κ1) is 21.1. The molecule has 0 amide bonds. The van der Waals surface area contributed by atoms with Gasteiger partial charge in [0.2, 0.25) is 0 Å². The third kappa shape index (κ3) is 6.47. The van der Waals surface area contributed by atoms with E-state index in [0.29, 0.717) is 6.61 Å². The summed E-state index contributed by atoms with van der Waals surface area (Å²) in [5.74, 6) is 1.76. The summed E-state index contributed by atoms with van der Waals surface area (Å²) >= 11 is 5.89. The smallest absolute Gasteiger partial charge is 0.123 e. The van der Waals surface area contributed by atoms with Crippen molar-refractivity contribution in [2.45, 2.75) is 19.7 Å². The van der Waals surface area contributed by atoms with E-state index < -0.39 is 0 Å². The number of rotatable bonds is 8. The van der Waals surface area contributed by atoms with Gasteiger partial charge in [-0.25, -0.2) is 0 Å². The van der Waals surface area contributed by atoms with E-state index in [9.17, 15) is 0 Å². The summed E-state index contributed by atoms with van der Waals surface area (Å²) in [5.41, 5.74) is 3.45. The van der Waals surface area contributed by atoms with Gasteiger partial charge in [-0.1, -0.05) is 54.1 Å². The van der Waals surface area contributed by atoms with Crippen LogP contribution < -0.4 is 14.8 Å². The minimum absolute atomic E-state index is 0. The van der Waals surface area contributed by atoms with E-state index in [1.54, 1.807) is 7.11 Å². The Kier molecular flexibility index (Phi) is 8.46. The fraction of sp³-hybridized carbons (Fsp3) is 0.182. The van der Waals surface area contributed by atoms with Gasteiger partial charge < -0.3 is 14.8 Å². The van der Waals surface area contributed by atoms with E-state index in [-0.39, 0.29) is 12.4 Å². The SMILES string of the molecule is COc1ccccc1CNCc1ccc(OCc2ccc(Cl)cc2)cc1.Cl. The average molecular weight is 404 g/mol. The van der Waals surface area contributed by atoms with Crippen LogP contribution in [0.5, 0.6) is 11.5 Å². The third-order valence-corrected chi connectivity index (χ3v) is 4.33. The zero-order chi connectivity index (χ0) is 18.2. The Balaban J connectivity index is 0.00000261. The number of halogens is 2. The van der Waals surface area contributed by atoms with Gasteiger partial charge in [0.15, 0.2) is 0 Å². The minimum atomic E-state index is 0. The number of nitrogens with one attached hydrogen (secondary N) is 1. The maximum Gasteiger partial charge on any atom is 0.123 e. The molecule has 1 N–H and O–H groups in total. The Labute approximate surface area is 171 Å². The second-order valence-electron chi connectivity index (χ2n) is 5.97. The van der Waals surface area contributed by atoms with Gasteiger partial charge in [-0.2, -0.15) is 0 Å². The third-order valence-electron chi connectivity index (χ3n) is 4.08. The van der Waals surface area contributed by atoms with E-state index in [4.69, 9.17) is 21.1 Å². The second kappa shape index (κ2) is 10.8. The summed E-state index contributed by atoms with van der Waals surface area (Å²) in [6, 6.07) is 23.9. The van der Waals surface area contributed by atoms with E-state index in [2.05, 4.69) is 23.5 Å². The van der Waals surface area contributed by atoms with Gasteiger partial charge in [0.05, 0.1) is 7.11 Å². The van der Waals surface area contributed by atoms with Crippen molar-refractivity contribution in [3.05, 3.63) is 94.5 Å². The molecule has 0 bridgehead atoms. The molecule has 0 spiro atoms. The Bertz CT molecular complexity index is 820. The monoisotopic (exact) mass is 403 g/mol. The van der Waals surface area contributed by atoms with Crippen molar-refractivity contribution in [1.82, 2.24) is 5.32 Å². The molecule has 0 aromatic heterocycles. The summed E-state index contributed by atoms with van der Waals surface area (Å²) in [7, 11) is 1.70. The molecular formula is C22H23Cl2NO2. The Hall–Kier alpha value is -2.20. The summed E-state index contributed by atoms with van der Waals surface area (Å²) in [6.07, 6.45) is 0. The molecule has 5 heteroatoms. The number of hydrogen-bond acceptors (Lipinski definition) is 3. The zero-order valence-corrected chi connectivity index (χ0v) is 16.7. The lowest BCUT2D eigenvalue weighted by atomic mass is 10.2. The molecule has 142 valence electrons. The first-order chi connectivity index (χ1) is 12.7. The van der Waals surface area contributed by atoms with Crippen LogP contribution in [-0.2, 0) is 19.7 Å². The molecule has 0 heterocycles. The first-order valence-electron chi connectivity index (χ1n) is 8.53. The molecule has 0 fully saturated rings. The zero-order valence-electron chi connectivity index (χ0n) is 15.2. The Morgan fingerprint density at radius 3 is 2.19 bits per heavy atom. The number of hydrogen-bond donors (Lipinski definition) is 1. The maximum atomic E-state index is 5.89. The maximum absolute atomic E-state index is 5.89. The molecule has 0 aliphatic carbocycles. The second-order valence-corrected chi connectivity index (χ2v) is 6.41. The molecule has 0 radical (unpaired) electrons. The Morgan fingerprint density at radius 1 is 0.815 bits per heavy atom. The highest BCUT2D eigenvalue weighted by Gasteiger charge is 2.02. The van der Waals surface area contributed by atoms with Gasteiger partial charge in [-0.05, 0) is 41.5 Å². The lowest BCUT2D eigenvalue weighted by Crippen LogP contribution is -2.13. The molecule has 0 saturated heterocycles. The van der Waals surface area contributed by atoms with Crippen LogP contribution in [0.1, 0.15) is 16.7 Å². The van der Waals surface area contributed by atoms with Crippen molar-refractivity contribution in [3.63, 3.8) is 0 Å². The highest BCUT2D eigenvalue weighted by molar-refractivity contribution is 6.30. The number of ether oxygens (including phenoxy) is 2. The van der Waals surface area contributed by atoms with Crippen LogP contribution in [0, 0.1) is 0 Å². The highest BCUT2D eigenvalue weighted by Crippen LogP contribution is 2.18. The van der Waals surface area contributed by atoms with Gasteiger partial charge in [-0.3, -0.25) is 0 Å². The molecular weight excluding hydrogens is 381 g/mol. The molecule has 0 saturated carbocycles. The van der Waals surface area contributed by atoms with Gasteiger partial charge in [0.25, 0.3) is 0 Å². The van der Waals surface area contributed by atoms with Gasteiger partial charge in [-0.15, -0.1) is 12.4 Å². The fourth-order valence-corrected chi connectivity index (χ4v) is 2.77. The van der Waals surface area contributed by atoms with Crippen molar-refractivity contribution in [3.8, 4) is 11.5 Å². The number of methoxy groups -OCH3 is 1. The van der Waals surface area contributed by atoms with Gasteiger partial charge in [0, 0.05) is 23.7 Å². The summed E-state index contributed by atoms with van der Waals surface area (Å²) in [6.45, 7) is 2.08. The molecule has 3 rings (SSSR count). The topological polar surface area (TPSA) is 30.5 Å². The first-order valence-corrected chi connectivity index (χ1v) is 8.91. The predicted molar refractivity (Wildman–Crippen MR) is 113 cm³/mol. The minimum Gasteiger partial charge on any atom is -0.496 e. The number of para-hydroxylation sites is 1. The van der Waals surface area contributed by atoms with E-state index in [1.165, 1.54) is 5.56 Å². The highest BCUT2D eigenvalue weighted by atomic mass is 35.5. The van der Waals surface area contributed by atoms with Crippen LogP contribution in [-0.4, -0.2) is 7.11 Å². The summed E-state index contributed by atoms with van der Waals surface area (Å²) in [4.78, 5) is 0. The molecule has 0 atom stereocenters. The molecule has 0 unspecified atom stereocenters. The Morgan fingerprint density at radius 2 is 1.48 bits per heavy atom. The summed E-state index contributed by atoms with van der Waals surface area (Å²) in [5, 5.41) is 4.18. The van der Waals surface area contributed by atoms with Crippen LogP contribution in [0.2, 0.25) is 5.02 Å². The molecule has 3 aromatic carbocycles. The quantitative estimate of drug-likeness (QED) is 0.527. The van der Waals surface area contributed by atoms with Crippen molar-refractivity contribution in [2.75, 3.05) is 7.11 Å². The van der Waals surface area contributed by atoms with Crippen molar-refractivity contribution in [1.29, 1.82) is 0 Å². The molecule has 0 aliphatic heterocycles. The van der Waals surface area contributed by atoms with E-state index in [0.717, 1.165) is 40.7 Å². The molecule has 3 aromatic rings. The standard InChI is InChI=1S/C22H22ClNO2.ClH/c1-25-22-5-3-2-4-19(22)15-24-14-17-8-12-21(13-9-17)26-16-18-6-10-20(23)11-7-18;/h2-13,24H,14-16H2,1H3;1H. The summed E-state index contributed by atoms with van der Waals surface area (Å²) < 4.78 is 11.2. The predicted octanol–water partition coefficient (Wildman–Crippen LogP) is 5.64. The van der Waals surface area contributed by atoms with Crippen molar-refractivity contribution < 1.29 is 9.47 Å². The molecule has 27 heavy (non-hydrogen) atoms.